The van der Waals surface area contributed by atoms with Gasteiger partial charge in [0.1, 0.15) is 5.75 Å². The number of ether oxygens (including phenoxy) is 1. The van der Waals surface area contributed by atoms with Crippen LogP contribution in [0.15, 0.2) is 24.3 Å². The van der Waals surface area contributed by atoms with Crippen LogP contribution in [0.25, 0.3) is 0 Å². The van der Waals surface area contributed by atoms with Gasteiger partial charge in [0.2, 0.25) is 11.8 Å². The van der Waals surface area contributed by atoms with E-state index in [-0.39, 0.29) is 17.7 Å². The van der Waals surface area contributed by atoms with Crippen LogP contribution in [0.4, 0.5) is 5.69 Å². The van der Waals surface area contributed by atoms with E-state index in [9.17, 15) is 9.59 Å². The van der Waals surface area contributed by atoms with E-state index in [0.717, 1.165) is 24.5 Å². The van der Waals surface area contributed by atoms with E-state index in [1.807, 2.05) is 30.0 Å². The number of carbonyl (C=O) groups excluding carboxylic acids is 2. The maximum atomic E-state index is 12.6. The summed E-state index contributed by atoms with van der Waals surface area (Å²) in [6.07, 6.45) is 0.350. The number of benzene rings is 1. The first-order valence-electron chi connectivity index (χ1n) is 8.59. The van der Waals surface area contributed by atoms with E-state index in [4.69, 9.17) is 4.74 Å². The van der Waals surface area contributed by atoms with Crippen LogP contribution in [0, 0.1) is 5.92 Å². The molecule has 2 aliphatic rings. The molecule has 0 radical (unpaired) electrons. The van der Waals surface area contributed by atoms with Crippen molar-refractivity contribution in [2.75, 3.05) is 51.3 Å². The number of carbonyl (C=O) groups is 2. The molecule has 1 aromatic rings. The van der Waals surface area contributed by atoms with Crippen molar-refractivity contribution in [1.29, 1.82) is 0 Å². The summed E-state index contributed by atoms with van der Waals surface area (Å²) in [7, 11) is 1.76. The Bertz CT molecular complexity index is 611. The largest absolute Gasteiger partial charge is 0.492 e. The van der Waals surface area contributed by atoms with E-state index < -0.39 is 0 Å². The Labute approximate surface area is 143 Å². The highest BCUT2D eigenvalue weighted by Gasteiger charge is 2.35. The molecule has 0 bridgehead atoms. The van der Waals surface area contributed by atoms with Crippen LogP contribution in [0.5, 0.6) is 5.75 Å². The quantitative estimate of drug-likeness (QED) is 0.832. The van der Waals surface area contributed by atoms with Crippen LogP contribution < -0.4 is 9.64 Å². The fraction of sp³-hybridized carbons (Fsp3) is 0.556. The standard InChI is InChI=1S/C18H25N3O3/c1-3-24-16-7-5-4-6-15(16)20-8-10-21(11-9-20)18(23)14-12-17(22)19(2)13-14/h4-7,14H,3,8-13H2,1-2H3/t14-/m0/s1. The summed E-state index contributed by atoms with van der Waals surface area (Å²) in [6, 6.07) is 8.03. The van der Waals surface area contributed by atoms with Crippen molar-refractivity contribution in [3.63, 3.8) is 0 Å². The minimum atomic E-state index is -0.176. The van der Waals surface area contributed by atoms with Gasteiger partial charge in [-0.3, -0.25) is 9.59 Å². The van der Waals surface area contributed by atoms with E-state index in [0.29, 0.717) is 32.7 Å². The normalized spacial score (nSPS) is 21.3. The number of anilines is 1. The molecule has 0 aliphatic carbocycles. The third kappa shape index (κ3) is 3.32. The summed E-state index contributed by atoms with van der Waals surface area (Å²) >= 11 is 0. The zero-order valence-electron chi connectivity index (χ0n) is 14.4. The second kappa shape index (κ2) is 7.11. The SMILES string of the molecule is CCOc1ccccc1N1CCN(C(=O)[C@H]2CC(=O)N(C)C2)CC1. The molecular weight excluding hydrogens is 306 g/mol. The summed E-state index contributed by atoms with van der Waals surface area (Å²) in [5.74, 6) is 0.899. The molecule has 0 aromatic heterocycles. The molecule has 1 aromatic carbocycles. The summed E-state index contributed by atoms with van der Waals surface area (Å²) in [6.45, 7) is 6.11. The van der Waals surface area contributed by atoms with Gasteiger partial charge in [-0.1, -0.05) is 12.1 Å². The molecule has 6 heteroatoms. The summed E-state index contributed by atoms with van der Waals surface area (Å²) in [5, 5.41) is 0. The van der Waals surface area contributed by atoms with Crippen molar-refractivity contribution >= 4 is 17.5 Å². The fourth-order valence-electron chi connectivity index (χ4n) is 3.45. The van der Waals surface area contributed by atoms with Crippen molar-refractivity contribution in [2.45, 2.75) is 13.3 Å². The second-order valence-corrected chi connectivity index (χ2v) is 6.39. The molecule has 0 spiro atoms. The lowest BCUT2D eigenvalue weighted by Gasteiger charge is -2.37. The van der Waals surface area contributed by atoms with Crippen LogP contribution in [-0.2, 0) is 9.59 Å². The molecule has 2 aliphatic heterocycles. The lowest BCUT2D eigenvalue weighted by molar-refractivity contribution is -0.136. The number of hydrogen-bond acceptors (Lipinski definition) is 4. The Morgan fingerprint density at radius 2 is 1.92 bits per heavy atom. The molecule has 1 atom stereocenters. The number of para-hydroxylation sites is 2. The predicted octanol–water partition coefficient (Wildman–Crippen LogP) is 1.21. The Kier molecular flexibility index (Phi) is 4.92. The minimum absolute atomic E-state index is 0.0672. The average Bonchev–Trinajstić information content (AvgIpc) is 2.94. The Morgan fingerprint density at radius 1 is 1.21 bits per heavy atom. The number of likely N-dealkylation sites (tertiary alicyclic amines) is 1. The van der Waals surface area contributed by atoms with Gasteiger partial charge in [-0.2, -0.15) is 0 Å². The number of piperazine rings is 1. The van der Waals surface area contributed by atoms with Gasteiger partial charge in [0.25, 0.3) is 0 Å². The molecule has 2 saturated heterocycles. The Morgan fingerprint density at radius 3 is 2.54 bits per heavy atom. The van der Waals surface area contributed by atoms with E-state index in [2.05, 4.69) is 11.0 Å². The third-order valence-corrected chi connectivity index (χ3v) is 4.79. The van der Waals surface area contributed by atoms with Gasteiger partial charge in [-0.05, 0) is 19.1 Å². The van der Waals surface area contributed by atoms with Crippen LogP contribution >= 0.6 is 0 Å². The summed E-state index contributed by atoms with van der Waals surface area (Å²) < 4.78 is 5.70. The highest BCUT2D eigenvalue weighted by Crippen LogP contribution is 2.29. The predicted molar refractivity (Wildman–Crippen MR) is 92.1 cm³/mol. The molecule has 24 heavy (non-hydrogen) atoms. The van der Waals surface area contributed by atoms with Gasteiger partial charge >= 0.3 is 0 Å². The van der Waals surface area contributed by atoms with Gasteiger partial charge in [0.15, 0.2) is 0 Å². The number of amides is 2. The zero-order chi connectivity index (χ0) is 17.1. The lowest BCUT2D eigenvalue weighted by Crippen LogP contribution is -2.50. The molecule has 6 nitrogen and oxygen atoms in total. The smallest absolute Gasteiger partial charge is 0.228 e. The van der Waals surface area contributed by atoms with Crippen LogP contribution in [0.3, 0.4) is 0 Å². The van der Waals surface area contributed by atoms with E-state index >= 15 is 0 Å². The molecule has 0 saturated carbocycles. The van der Waals surface area contributed by atoms with Crippen molar-refractivity contribution < 1.29 is 14.3 Å². The molecule has 130 valence electrons. The Hall–Kier alpha value is -2.24. The second-order valence-electron chi connectivity index (χ2n) is 6.39. The van der Waals surface area contributed by atoms with Gasteiger partial charge in [0.05, 0.1) is 18.2 Å². The van der Waals surface area contributed by atoms with Crippen molar-refractivity contribution in [3.05, 3.63) is 24.3 Å². The zero-order valence-corrected chi connectivity index (χ0v) is 14.4. The van der Waals surface area contributed by atoms with Gasteiger partial charge in [-0.15, -0.1) is 0 Å². The number of nitrogens with zero attached hydrogens (tertiary/aromatic N) is 3. The molecule has 2 fully saturated rings. The minimum Gasteiger partial charge on any atom is -0.492 e. The maximum Gasteiger partial charge on any atom is 0.228 e. The van der Waals surface area contributed by atoms with Crippen LogP contribution in [0.1, 0.15) is 13.3 Å². The Balaban J connectivity index is 1.60. The molecule has 2 heterocycles. The van der Waals surface area contributed by atoms with Gasteiger partial charge in [-0.25, -0.2) is 0 Å². The average molecular weight is 331 g/mol. The van der Waals surface area contributed by atoms with Crippen LogP contribution in [-0.4, -0.2) is 68.0 Å². The van der Waals surface area contributed by atoms with Crippen molar-refractivity contribution in [2.24, 2.45) is 5.92 Å². The number of hydrogen-bond donors (Lipinski definition) is 0. The summed E-state index contributed by atoms with van der Waals surface area (Å²) in [4.78, 5) is 30.1. The molecular formula is C18H25N3O3. The molecule has 2 amide bonds. The molecule has 3 rings (SSSR count). The van der Waals surface area contributed by atoms with E-state index in [1.165, 1.54) is 0 Å². The van der Waals surface area contributed by atoms with Crippen molar-refractivity contribution in [1.82, 2.24) is 9.80 Å². The topological polar surface area (TPSA) is 53.1 Å². The fourth-order valence-corrected chi connectivity index (χ4v) is 3.45. The maximum absolute atomic E-state index is 12.6. The van der Waals surface area contributed by atoms with Crippen LogP contribution in [0.2, 0.25) is 0 Å². The number of rotatable bonds is 4. The first-order chi connectivity index (χ1) is 11.6. The molecule has 0 unspecified atom stereocenters. The van der Waals surface area contributed by atoms with E-state index in [1.54, 1.807) is 11.9 Å². The van der Waals surface area contributed by atoms with Gasteiger partial charge in [0, 0.05) is 46.2 Å². The van der Waals surface area contributed by atoms with Crippen molar-refractivity contribution in [3.8, 4) is 5.75 Å². The van der Waals surface area contributed by atoms with Gasteiger partial charge < -0.3 is 19.4 Å². The monoisotopic (exact) mass is 331 g/mol. The summed E-state index contributed by atoms with van der Waals surface area (Å²) in [5.41, 5.74) is 1.09. The first-order valence-corrected chi connectivity index (χ1v) is 8.59. The third-order valence-electron chi connectivity index (χ3n) is 4.79. The lowest BCUT2D eigenvalue weighted by atomic mass is 10.1. The first kappa shape index (κ1) is 16.6. The highest BCUT2D eigenvalue weighted by molar-refractivity contribution is 5.89. The highest BCUT2D eigenvalue weighted by atomic mass is 16.5. The molecule has 0 N–H and O–H groups in total.